The highest BCUT2D eigenvalue weighted by atomic mass is 16.3. The zero-order valence-corrected chi connectivity index (χ0v) is 11.1. The molecule has 1 saturated heterocycles. The molecule has 1 fully saturated rings. The van der Waals surface area contributed by atoms with Gasteiger partial charge in [0.1, 0.15) is 6.10 Å². The maximum Gasteiger partial charge on any atom is 0.105 e. The lowest BCUT2D eigenvalue weighted by molar-refractivity contribution is 0.00420. The van der Waals surface area contributed by atoms with Crippen molar-refractivity contribution in [2.75, 3.05) is 19.7 Å². The molecular weight excluding hydrogens is 242 g/mol. The van der Waals surface area contributed by atoms with Crippen LogP contribution in [0, 0.1) is 0 Å². The van der Waals surface area contributed by atoms with Crippen LogP contribution >= 0.6 is 0 Å². The van der Waals surface area contributed by atoms with Crippen LogP contribution in [-0.2, 0) is 0 Å². The second kappa shape index (κ2) is 7.01. The molecular formula is C15H23NO3. The van der Waals surface area contributed by atoms with Crippen LogP contribution in [0.1, 0.15) is 42.4 Å². The van der Waals surface area contributed by atoms with Crippen molar-refractivity contribution in [2.24, 2.45) is 0 Å². The Kier molecular flexibility index (Phi) is 5.34. The summed E-state index contributed by atoms with van der Waals surface area (Å²) in [5, 5.41) is 31.7. The molecule has 2 unspecified atom stereocenters. The Bertz CT molecular complexity index is 373. The van der Waals surface area contributed by atoms with E-state index in [1.807, 2.05) is 24.3 Å². The molecule has 4 heteroatoms. The van der Waals surface area contributed by atoms with E-state index in [4.69, 9.17) is 5.11 Å². The third-order valence-electron chi connectivity index (χ3n) is 3.88. The summed E-state index contributed by atoms with van der Waals surface area (Å²) in [5.41, 5.74) is 2.01. The van der Waals surface area contributed by atoms with Gasteiger partial charge < -0.3 is 20.6 Å². The summed E-state index contributed by atoms with van der Waals surface area (Å²) < 4.78 is 0. The lowest BCUT2D eigenvalue weighted by Crippen LogP contribution is -2.26. The van der Waals surface area contributed by atoms with E-state index in [0.717, 1.165) is 25.9 Å². The third kappa shape index (κ3) is 3.76. The number of hydrogen-bond acceptors (Lipinski definition) is 4. The highest BCUT2D eigenvalue weighted by Gasteiger charge is 2.19. The summed E-state index contributed by atoms with van der Waals surface area (Å²) >= 11 is 0. The van der Waals surface area contributed by atoms with E-state index in [1.165, 1.54) is 5.56 Å². The Morgan fingerprint density at radius 2 is 1.74 bits per heavy atom. The average molecular weight is 265 g/mol. The predicted molar refractivity (Wildman–Crippen MR) is 74.0 cm³/mol. The molecule has 4 N–H and O–H groups in total. The average Bonchev–Trinajstić information content (AvgIpc) is 2.48. The number of nitrogens with one attached hydrogen (secondary N) is 1. The topological polar surface area (TPSA) is 72.7 Å². The summed E-state index contributed by atoms with van der Waals surface area (Å²) in [5.74, 6) is 0.592. The Hall–Kier alpha value is -0.940. The smallest absolute Gasteiger partial charge is 0.105 e. The molecule has 0 spiro atoms. The minimum absolute atomic E-state index is 0.120. The fraction of sp³-hybridized carbons (Fsp3) is 0.600. The summed E-state index contributed by atoms with van der Waals surface area (Å²) in [6, 6.07) is 7.84. The lowest BCUT2D eigenvalue weighted by atomic mass is 9.89. The standard InChI is InChI=1S/C15H23NO3/c17-10-7-14(18)15(19)13-3-1-11(2-4-13)12-5-8-16-9-6-12/h1-4,12,14-19H,5-10H2. The first-order valence-electron chi connectivity index (χ1n) is 7.00. The molecule has 2 rings (SSSR count). The first-order chi connectivity index (χ1) is 9.22. The number of hydrogen-bond donors (Lipinski definition) is 4. The molecule has 1 aliphatic rings. The summed E-state index contributed by atoms with van der Waals surface area (Å²) in [6.45, 7) is 2.00. The summed E-state index contributed by atoms with van der Waals surface area (Å²) in [4.78, 5) is 0. The molecule has 1 aromatic carbocycles. The van der Waals surface area contributed by atoms with Crippen molar-refractivity contribution in [3.8, 4) is 0 Å². The van der Waals surface area contributed by atoms with E-state index in [0.29, 0.717) is 11.5 Å². The highest BCUT2D eigenvalue weighted by Crippen LogP contribution is 2.27. The van der Waals surface area contributed by atoms with Gasteiger partial charge in [0.25, 0.3) is 0 Å². The van der Waals surface area contributed by atoms with Gasteiger partial charge in [0.05, 0.1) is 6.10 Å². The number of aliphatic hydroxyl groups excluding tert-OH is 3. The van der Waals surface area contributed by atoms with Gasteiger partial charge >= 0.3 is 0 Å². The molecule has 0 radical (unpaired) electrons. The molecule has 0 bridgehead atoms. The first-order valence-corrected chi connectivity index (χ1v) is 7.00. The molecule has 2 atom stereocenters. The van der Waals surface area contributed by atoms with Crippen molar-refractivity contribution in [2.45, 2.75) is 37.4 Å². The van der Waals surface area contributed by atoms with E-state index in [-0.39, 0.29) is 13.0 Å². The Balaban J connectivity index is 2.01. The number of benzene rings is 1. The van der Waals surface area contributed by atoms with Crippen LogP contribution in [0.3, 0.4) is 0 Å². The molecule has 0 saturated carbocycles. The number of rotatable bonds is 5. The van der Waals surface area contributed by atoms with Crippen molar-refractivity contribution >= 4 is 0 Å². The van der Waals surface area contributed by atoms with Crippen molar-refractivity contribution in [3.05, 3.63) is 35.4 Å². The maximum atomic E-state index is 9.95. The van der Waals surface area contributed by atoms with Crippen molar-refractivity contribution in [1.82, 2.24) is 5.32 Å². The number of piperidine rings is 1. The maximum absolute atomic E-state index is 9.95. The van der Waals surface area contributed by atoms with Gasteiger partial charge in [-0.1, -0.05) is 24.3 Å². The number of aliphatic hydroxyl groups is 3. The van der Waals surface area contributed by atoms with Crippen molar-refractivity contribution < 1.29 is 15.3 Å². The van der Waals surface area contributed by atoms with Gasteiger partial charge in [-0.15, -0.1) is 0 Å². The SMILES string of the molecule is OCCC(O)C(O)c1ccc(C2CCNCC2)cc1. The van der Waals surface area contributed by atoms with Crippen LogP contribution in [0.15, 0.2) is 24.3 Å². The molecule has 0 aromatic heterocycles. The molecule has 0 amide bonds. The highest BCUT2D eigenvalue weighted by molar-refractivity contribution is 5.27. The van der Waals surface area contributed by atoms with Crippen LogP contribution < -0.4 is 5.32 Å². The minimum Gasteiger partial charge on any atom is -0.396 e. The molecule has 4 nitrogen and oxygen atoms in total. The molecule has 1 heterocycles. The van der Waals surface area contributed by atoms with Crippen LogP contribution in [0.2, 0.25) is 0 Å². The predicted octanol–water partition coefficient (Wildman–Crippen LogP) is 0.930. The van der Waals surface area contributed by atoms with Gasteiger partial charge in [0.2, 0.25) is 0 Å². The van der Waals surface area contributed by atoms with Gasteiger partial charge in [-0.3, -0.25) is 0 Å². The second-order valence-electron chi connectivity index (χ2n) is 5.22. The van der Waals surface area contributed by atoms with Gasteiger partial charge in [0.15, 0.2) is 0 Å². The van der Waals surface area contributed by atoms with Crippen LogP contribution in [0.5, 0.6) is 0 Å². The molecule has 1 aliphatic heterocycles. The molecule has 1 aromatic rings. The van der Waals surface area contributed by atoms with Crippen molar-refractivity contribution in [1.29, 1.82) is 0 Å². The van der Waals surface area contributed by atoms with Gasteiger partial charge in [-0.05, 0) is 49.4 Å². The van der Waals surface area contributed by atoms with Gasteiger partial charge in [0, 0.05) is 6.61 Å². The van der Waals surface area contributed by atoms with Crippen LogP contribution in [0.25, 0.3) is 0 Å². The first kappa shape index (κ1) is 14.5. The fourth-order valence-electron chi connectivity index (χ4n) is 2.63. The Morgan fingerprint density at radius 1 is 1.11 bits per heavy atom. The van der Waals surface area contributed by atoms with Crippen molar-refractivity contribution in [3.63, 3.8) is 0 Å². The Morgan fingerprint density at radius 3 is 2.32 bits per heavy atom. The van der Waals surface area contributed by atoms with E-state index in [2.05, 4.69) is 5.32 Å². The summed E-state index contributed by atoms with van der Waals surface area (Å²) in [7, 11) is 0. The molecule has 19 heavy (non-hydrogen) atoms. The van der Waals surface area contributed by atoms with Crippen LogP contribution in [0.4, 0.5) is 0 Å². The van der Waals surface area contributed by atoms with E-state index in [1.54, 1.807) is 0 Å². The zero-order valence-electron chi connectivity index (χ0n) is 11.1. The van der Waals surface area contributed by atoms with E-state index >= 15 is 0 Å². The fourth-order valence-corrected chi connectivity index (χ4v) is 2.63. The Labute approximate surface area is 114 Å². The monoisotopic (exact) mass is 265 g/mol. The lowest BCUT2D eigenvalue weighted by Gasteiger charge is -2.24. The normalized spacial score (nSPS) is 20.2. The molecule has 106 valence electrons. The van der Waals surface area contributed by atoms with Gasteiger partial charge in [-0.2, -0.15) is 0 Å². The second-order valence-corrected chi connectivity index (χ2v) is 5.22. The van der Waals surface area contributed by atoms with E-state index in [9.17, 15) is 10.2 Å². The summed E-state index contributed by atoms with van der Waals surface area (Å²) in [6.07, 6.45) is 0.658. The molecule has 0 aliphatic carbocycles. The minimum atomic E-state index is -0.922. The largest absolute Gasteiger partial charge is 0.396 e. The quantitative estimate of drug-likeness (QED) is 0.639. The van der Waals surface area contributed by atoms with Crippen LogP contribution in [-0.4, -0.2) is 41.1 Å². The zero-order chi connectivity index (χ0) is 13.7. The van der Waals surface area contributed by atoms with E-state index < -0.39 is 12.2 Å². The van der Waals surface area contributed by atoms with Gasteiger partial charge in [-0.25, -0.2) is 0 Å². The third-order valence-corrected chi connectivity index (χ3v) is 3.88.